The molecule has 3 aromatic rings. The van der Waals surface area contributed by atoms with Crippen LogP contribution in [-0.2, 0) is 16.1 Å². The van der Waals surface area contributed by atoms with Crippen molar-refractivity contribution in [2.24, 2.45) is 0 Å². The summed E-state index contributed by atoms with van der Waals surface area (Å²) in [4.78, 5) is 43.4. The SMILES string of the molecule is COc1cccc(C(=O)N2CCC3(CC2)OC[C@@H](C(=O)NCc2ccco2)N3C(=O)c2ccccc2)c1. The Bertz CT molecular complexity index is 1250. The van der Waals surface area contributed by atoms with Crippen LogP contribution in [0, 0.1) is 0 Å². The molecule has 0 radical (unpaired) electrons. The summed E-state index contributed by atoms with van der Waals surface area (Å²) in [5.74, 6) is 0.533. The molecule has 1 atom stereocenters. The summed E-state index contributed by atoms with van der Waals surface area (Å²) in [7, 11) is 1.56. The molecular formula is C28H29N3O6. The van der Waals surface area contributed by atoms with Gasteiger partial charge in [-0.25, -0.2) is 0 Å². The van der Waals surface area contributed by atoms with Gasteiger partial charge in [-0.2, -0.15) is 0 Å². The molecule has 2 aliphatic heterocycles. The van der Waals surface area contributed by atoms with Crippen LogP contribution in [0.25, 0.3) is 0 Å². The third-order valence-electron chi connectivity index (χ3n) is 6.97. The monoisotopic (exact) mass is 503 g/mol. The van der Waals surface area contributed by atoms with E-state index >= 15 is 0 Å². The van der Waals surface area contributed by atoms with Crippen LogP contribution < -0.4 is 10.1 Å². The van der Waals surface area contributed by atoms with Gasteiger partial charge in [-0.3, -0.25) is 19.3 Å². The standard InChI is InChI=1S/C28H29N3O6/c1-35-22-10-5-9-21(17-22)26(33)30-14-12-28(13-15-30)31(27(34)20-7-3-2-4-8-20)24(19-37-28)25(32)29-18-23-11-6-16-36-23/h2-11,16-17,24H,12-15,18-19H2,1H3,(H,29,32)/t24-/m0/s1. The normalized spacial score (nSPS) is 18.6. The topological polar surface area (TPSA) is 101 Å². The molecule has 37 heavy (non-hydrogen) atoms. The first-order valence-electron chi connectivity index (χ1n) is 12.3. The number of nitrogens with one attached hydrogen (secondary N) is 1. The molecule has 2 fully saturated rings. The second kappa shape index (κ2) is 10.5. The lowest BCUT2D eigenvalue weighted by Gasteiger charge is -2.44. The number of likely N-dealkylation sites (tertiary alicyclic amines) is 1. The maximum absolute atomic E-state index is 13.7. The molecule has 2 aliphatic rings. The van der Waals surface area contributed by atoms with Gasteiger partial charge in [-0.05, 0) is 42.5 Å². The van der Waals surface area contributed by atoms with E-state index in [1.54, 1.807) is 83.8 Å². The number of methoxy groups -OCH3 is 1. The van der Waals surface area contributed by atoms with E-state index in [2.05, 4.69) is 5.32 Å². The van der Waals surface area contributed by atoms with Crippen LogP contribution in [0.2, 0.25) is 0 Å². The Hall–Kier alpha value is -4.11. The summed E-state index contributed by atoms with van der Waals surface area (Å²) in [6, 6.07) is 18.6. The van der Waals surface area contributed by atoms with Crippen LogP contribution >= 0.6 is 0 Å². The first kappa shape index (κ1) is 24.6. The summed E-state index contributed by atoms with van der Waals surface area (Å²) in [6.45, 7) is 1.06. The number of hydrogen-bond donors (Lipinski definition) is 1. The Kier molecular flexibility index (Phi) is 6.96. The number of benzene rings is 2. The van der Waals surface area contributed by atoms with Crippen molar-refractivity contribution in [3.8, 4) is 5.75 Å². The summed E-state index contributed by atoms with van der Waals surface area (Å²) in [5.41, 5.74) is 0.0336. The highest BCUT2D eigenvalue weighted by Crippen LogP contribution is 2.39. The summed E-state index contributed by atoms with van der Waals surface area (Å²) in [6.07, 6.45) is 2.33. The molecule has 2 saturated heterocycles. The Balaban J connectivity index is 1.35. The summed E-state index contributed by atoms with van der Waals surface area (Å²) >= 11 is 0. The van der Waals surface area contributed by atoms with Crippen molar-refractivity contribution in [2.75, 3.05) is 26.8 Å². The van der Waals surface area contributed by atoms with Crippen molar-refractivity contribution < 1.29 is 28.3 Å². The minimum atomic E-state index is -0.981. The van der Waals surface area contributed by atoms with E-state index in [1.165, 1.54) is 0 Å². The molecule has 9 heteroatoms. The average molecular weight is 504 g/mol. The molecule has 0 aliphatic carbocycles. The van der Waals surface area contributed by atoms with E-state index in [9.17, 15) is 14.4 Å². The van der Waals surface area contributed by atoms with Gasteiger partial charge < -0.3 is 24.1 Å². The van der Waals surface area contributed by atoms with Crippen molar-refractivity contribution in [2.45, 2.75) is 31.2 Å². The Labute approximate surface area is 214 Å². The zero-order chi connectivity index (χ0) is 25.8. The number of hydrogen-bond acceptors (Lipinski definition) is 6. The van der Waals surface area contributed by atoms with E-state index in [1.807, 2.05) is 6.07 Å². The zero-order valence-electron chi connectivity index (χ0n) is 20.6. The molecule has 1 spiro atoms. The van der Waals surface area contributed by atoms with Gasteiger partial charge >= 0.3 is 0 Å². The van der Waals surface area contributed by atoms with E-state index in [0.29, 0.717) is 48.6 Å². The third kappa shape index (κ3) is 4.95. The van der Waals surface area contributed by atoms with Crippen molar-refractivity contribution >= 4 is 17.7 Å². The quantitative estimate of drug-likeness (QED) is 0.555. The van der Waals surface area contributed by atoms with Gasteiger partial charge in [0, 0.05) is 37.1 Å². The van der Waals surface area contributed by atoms with Crippen LogP contribution in [0.5, 0.6) is 5.75 Å². The molecule has 9 nitrogen and oxygen atoms in total. The van der Waals surface area contributed by atoms with Crippen molar-refractivity contribution in [1.82, 2.24) is 15.1 Å². The second-order valence-corrected chi connectivity index (χ2v) is 9.14. The molecule has 5 rings (SSSR count). The number of piperidine rings is 1. The van der Waals surface area contributed by atoms with Crippen LogP contribution in [0.1, 0.15) is 39.3 Å². The molecule has 3 amide bonds. The lowest BCUT2D eigenvalue weighted by atomic mass is 9.96. The fraction of sp³-hybridized carbons (Fsp3) is 0.321. The molecular weight excluding hydrogens is 474 g/mol. The molecule has 1 aromatic heterocycles. The number of ether oxygens (including phenoxy) is 2. The van der Waals surface area contributed by atoms with E-state index in [0.717, 1.165) is 0 Å². The number of nitrogens with zero attached hydrogens (tertiary/aromatic N) is 2. The zero-order valence-corrected chi connectivity index (χ0v) is 20.6. The Morgan fingerprint density at radius 3 is 2.43 bits per heavy atom. The minimum absolute atomic E-state index is 0.0758. The first-order valence-corrected chi connectivity index (χ1v) is 12.3. The fourth-order valence-corrected chi connectivity index (χ4v) is 4.99. The molecule has 3 heterocycles. The summed E-state index contributed by atoms with van der Waals surface area (Å²) in [5, 5.41) is 2.86. The predicted molar refractivity (Wildman–Crippen MR) is 134 cm³/mol. The predicted octanol–water partition coefficient (Wildman–Crippen LogP) is 3.08. The second-order valence-electron chi connectivity index (χ2n) is 9.14. The van der Waals surface area contributed by atoms with Crippen molar-refractivity contribution in [3.05, 3.63) is 89.9 Å². The highest BCUT2D eigenvalue weighted by molar-refractivity contribution is 5.98. The van der Waals surface area contributed by atoms with Gasteiger partial charge in [0.2, 0.25) is 5.91 Å². The van der Waals surface area contributed by atoms with Crippen molar-refractivity contribution in [3.63, 3.8) is 0 Å². The third-order valence-corrected chi connectivity index (χ3v) is 6.97. The minimum Gasteiger partial charge on any atom is -0.497 e. The lowest BCUT2D eigenvalue weighted by Crippen LogP contribution is -2.59. The number of carbonyl (C=O) groups is 3. The van der Waals surface area contributed by atoms with Gasteiger partial charge in [0.25, 0.3) is 11.8 Å². The lowest BCUT2D eigenvalue weighted by molar-refractivity contribution is -0.128. The van der Waals surface area contributed by atoms with Crippen LogP contribution in [0.3, 0.4) is 0 Å². The van der Waals surface area contributed by atoms with Gasteiger partial charge in [0.05, 0.1) is 26.5 Å². The maximum atomic E-state index is 13.7. The van der Waals surface area contributed by atoms with Gasteiger partial charge in [-0.15, -0.1) is 0 Å². The molecule has 2 aromatic carbocycles. The number of carbonyl (C=O) groups excluding carboxylic acids is 3. The average Bonchev–Trinajstić information content (AvgIpc) is 3.60. The largest absolute Gasteiger partial charge is 0.497 e. The van der Waals surface area contributed by atoms with Gasteiger partial charge in [-0.1, -0.05) is 24.3 Å². The van der Waals surface area contributed by atoms with E-state index < -0.39 is 11.8 Å². The number of furan rings is 1. The number of rotatable bonds is 6. The first-order chi connectivity index (χ1) is 18.0. The van der Waals surface area contributed by atoms with Crippen LogP contribution in [0.4, 0.5) is 0 Å². The van der Waals surface area contributed by atoms with Crippen LogP contribution in [0.15, 0.2) is 77.4 Å². The molecule has 192 valence electrons. The molecule has 0 saturated carbocycles. The van der Waals surface area contributed by atoms with Gasteiger partial charge in [0.1, 0.15) is 23.3 Å². The Morgan fingerprint density at radius 2 is 1.73 bits per heavy atom. The van der Waals surface area contributed by atoms with Crippen molar-refractivity contribution in [1.29, 1.82) is 0 Å². The molecule has 0 unspecified atom stereocenters. The summed E-state index contributed by atoms with van der Waals surface area (Å²) < 4.78 is 16.8. The molecule has 0 bridgehead atoms. The highest BCUT2D eigenvalue weighted by atomic mass is 16.5. The van der Waals surface area contributed by atoms with Crippen LogP contribution in [-0.4, -0.2) is 66.1 Å². The van der Waals surface area contributed by atoms with E-state index in [4.69, 9.17) is 13.9 Å². The van der Waals surface area contributed by atoms with Gasteiger partial charge in [0.15, 0.2) is 0 Å². The highest BCUT2D eigenvalue weighted by Gasteiger charge is 2.54. The fourth-order valence-electron chi connectivity index (χ4n) is 4.99. The molecule has 1 N–H and O–H groups in total. The smallest absolute Gasteiger partial charge is 0.256 e. The maximum Gasteiger partial charge on any atom is 0.256 e. The Morgan fingerprint density at radius 1 is 0.973 bits per heavy atom. The van der Waals surface area contributed by atoms with E-state index in [-0.39, 0.29) is 30.9 Å². The number of amides is 3.